The van der Waals surface area contributed by atoms with E-state index in [-0.39, 0.29) is 0 Å². The maximum absolute atomic E-state index is 3.83. The third-order valence-electron chi connectivity index (χ3n) is 2.63. The molecule has 0 saturated carbocycles. The van der Waals surface area contributed by atoms with Crippen molar-refractivity contribution in [1.29, 1.82) is 0 Å². The number of H-pyrrole nitrogens is 1. The Labute approximate surface area is 104 Å². The first-order chi connectivity index (χ1) is 8.92. The zero-order valence-electron chi connectivity index (χ0n) is 9.61. The zero-order chi connectivity index (χ0) is 12.2. The Morgan fingerprint density at radius 1 is 1.17 bits per heavy atom. The lowest BCUT2D eigenvalue weighted by atomic mass is 10.2. The Kier molecular flexibility index (Phi) is 2.75. The highest BCUT2D eigenvalue weighted by atomic mass is 15.5. The minimum absolute atomic E-state index is 0.775. The fourth-order valence-corrected chi connectivity index (χ4v) is 1.69. The molecule has 0 spiro atoms. The highest BCUT2D eigenvalue weighted by Crippen LogP contribution is 2.12. The van der Waals surface area contributed by atoms with Crippen LogP contribution in [0.2, 0.25) is 0 Å². The van der Waals surface area contributed by atoms with Gasteiger partial charge in [0, 0.05) is 17.6 Å². The van der Waals surface area contributed by atoms with Crippen LogP contribution >= 0.6 is 0 Å². The van der Waals surface area contributed by atoms with Crippen molar-refractivity contribution >= 4 is 5.69 Å². The molecule has 2 N–H and O–H groups in total. The van der Waals surface area contributed by atoms with Crippen LogP contribution in [0.25, 0.3) is 5.69 Å². The molecule has 0 aliphatic carbocycles. The second-order valence-electron chi connectivity index (χ2n) is 3.85. The topological polar surface area (TPSA) is 71.4 Å². The van der Waals surface area contributed by atoms with E-state index in [0.29, 0.717) is 0 Å². The van der Waals surface area contributed by atoms with Crippen molar-refractivity contribution < 1.29 is 0 Å². The van der Waals surface area contributed by atoms with Gasteiger partial charge in [-0.2, -0.15) is 0 Å². The first kappa shape index (κ1) is 10.5. The monoisotopic (exact) mass is 240 g/mol. The lowest BCUT2D eigenvalue weighted by molar-refractivity contribution is 0.789. The number of rotatable bonds is 4. The van der Waals surface area contributed by atoms with Gasteiger partial charge >= 0.3 is 0 Å². The predicted octanol–water partition coefficient (Wildman–Crippen LogP) is 1.60. The van der Waals surface area contributed by atoms with E-state index in [1.807, 2.05) is 42.6 Å². The normalized spacial score (nSPS) is 10.4. The largest absolute Gasteiger partial charge is 0.379 e. The summed E-state index contributed by atoms with van der Waals surface area (Å²) in [4.78, 5) is 3.15. The zero-order valence-corrected chi connectivity index (χ0v) is 9.61. The summed E-state index contributed by atoms with van der Waals surface area (Å²) in [5.74, 6) is 0. The van der Waals surface area contributed by atoms with Gasteiger partial charge in [-0.15, -0.1) is 5.10 Å². The van der Waals surface area contributed by atoms with Gasteiger partial charge in [0.05, 0.1) is 12.2 Å². The summed E-state index contributed by atoms with van der Waals surface area (Å²) >= 11 is 0. The van der Waals surface area contributed by atoms with Crippen molar-refractivity contribution in [3.8, 4) is 5.69 Å². The molecule has 0 saturated heterocycles. The minimum atomic E-state index is 0.775. The molecule has 0 aliphatic heterocycles. The summed E-state index contributed by atoms with van der Waals surface area (Å²) < 4.78 is 1.62. The maximum atomic E-state index is 3.83. The quantitative estimate of drug-likeness (QED) is 0.726. The summed E-state index contributed by atoms with van der Waals surface area (Å²) in [6.45, 7) is 0.775. The predicted molar refractivity (Wildman–Crippen MR) is 67.3 cm³/mol. The second-order valence-corrected chi connectivity index (χ2v) is 3.85. The van der Waals surface area contributed by atoms with Gasteiger partial charge in [-0.3, -0.25) is 0 Å². The van der Waals surface area contributed by atoms with E-state index < -0.39 is 0 Å². The third-order valence-corrected chi connectivity index (χ3v) is 2.63. The van der Waals surface area contributed by atoms with Crippen LogP contribution in [0.5, 0.6) is 0 Å². The molecule has 1 aromatic carbocycles. The number of hydrogen-bond donors (Lipinski definition) is 2. The van der Waals surface area contributed by atoms with Crippen molar-refractivity contribution in [2.45, 2.75) is 6.54 Å². The molecule has 0 atom stereocenters. The van der Waals surface area contributed by atoms with Gasteiger partial charge in [-0.05, 0) is 46.8 Å². The fraction of sp³-hybridized carbons (Fsp3) is 0.0833. The van der Waals surface area contributed by atoms with Crippen molar-refractivity contribution in [3.63, 3.8) is 0 Å². The van der Waals surface area contributed by atoms with E-state index >= 15 is 0 Å². The van der Waals surface area contributed by atoms with Crippen LogP contribution in [0.15, 0.2) is 48.9 Å². The van der Waals surface area contributed by atoms with Gasteiger partial charge in [-0.25, -0.2) is 4.68 Å². The first-order valence-electron chi connectivity index (χ1n) is 5.61. The van der Waals surface area contributed by atoms with Gasteiger partial charge < -0.3 is 10.3 Å². The van der Waals surface area contributed by atoms with Gasteiger partial charge in [0.2, 0.25) is 0 Å². The van der Waals surface area contributed by atoms with E-state index in [2.05, 4.69) is 25.8 Å². The van der Waals surface area contributed by atoms with E-state index in [4.69, 9.17) is 0 Å². The molecule has 0 radical (unpaired) electrons. The van der Waals surface area contributed by atoms with E-state index in [1.165, 1.54) is 0 Å². The third kappa shape index (κ3) is 2.22. The van der Waals surface area contributed by atoms with Gasteiger partial charge in [0.1, 0.15) is 6.33 Å². The van der Waals surface area contributed by atoms with Crippen LogP contribution in [-0.4, -0.2) is 25.2 Å². The Morgan fingerprint density at radius 3 is 2.72 bits per heavy atom. The first-order valence-corrected chi connectivity index (χ1v) is 5.61. The molecule has 18 heavy (non-hydrogen) atoms. The Morgan fingerprint density at radius 2 is 2.06 bits per heavy atom. The summed E-state index contributed by atoms with van der Waals surface area (Å²) in [5, 5.41) is 14.4. The minimum Gasteiger partial charge on any atom is -0.379 e. The number of aromatic amines is 1. The van der Waals surface area contributed by atoms with E-state index in [0.717, 1.165) is 23.6 Å². The summed E-state index contributed by atoms with van der Waals surface area (Å²) in [6, 6.07) is 12.0. The molecular weight excluding hydrogens is 228 g/mol. The molecule has 0 unspecified atom stereocenters. The summed E-state index contributed by atoms with van der Waals surface area (Å²) in [5.41, 5.74) is 3.14. The smallest absolute Gasteiger partial charge is 0.143 e. The number of nitrogens with one attached hydrogen (secondary N) is 2. The molecule has 6 nitrogen and oxygen atoms in total. The lowest BCUT2D eigenvalue weighted by Gasteiger charge is -2.06. The van der Waals surface area contributed by atoms with Crippen molar-refractivity contribution in [2.24, 2.45) is 0 Å². The second kappa shape index (κ2) is 4.70. The highest BCUT2D eigenvalue weighted by Gasteiger charge is 1.98. The van der Waals surface area contributed by atoms with Crippen LogP contribution in [-0.2, 0) is 6.54 Å². The van der Waals surface area contributed by atoms with Gasteiger partial charge in [-0.1, -0.05) is 0 Å². The van der Waals surface area contributed by atoms with E-state index in [1.54, 1.807) is 11.0 Å². The molecule has 0 bridgehead atoms. The summed E-state index contributed by atoms with van der Waals surface area (Å²) in [7, 11) is 0. The van der Waals surface area contributed by atoms with Crippen LogP contribution in [0.3, 0.4) is 0 Å². The fourth-order valence-electron chi connectivity index (χ4n) is 1.69. The van der Waals surface area contributed by atoms with Crippen molar-refractivity contribution in [3.05, 3.63) is 54.6 Å². The summed E-state index contributed by atoms with van der Waals surface area (Å²) in [6.07, 6.45) is 3.49. The molecule has 2 heterocycles. The molecule has 3 rings (SSSR count). The van der Waals surface area contributed by atoms with Crippen LogP contribution in [0, 0.1) is 0 Å². The number of benzene rings is 1. The molecule has 0 amide bonds. The van der Waals surface area contributed by atoms with E-state index in [9.17, 15) is 0 Å². The number of nitrogens with zero attached hydrogens (tertiary/aromatic N) is 4. The number of tetrazole rings is 1. The van der Waals surface area contributed by atoms with Crippen LogP contribution < -0.4 is 5.32 Å². The Bertz CT molecular complexity index is 582. The van der Waals surface area contributed by atoms with Crippen LogP contribution in [0.1, 0.15) is 5.69 Å². The number of aromatic nitrogens is 5. The average Bonchev–Trinajstić information content (AvgIpc) is 3.10. The molecule has 90 valence electrons. The van der Waals surface area contributed by atoms with Crippen LogP contribution in [0.4, 0.5) is 5.69 Å². The molecule has 6 heteroatoms. The molecular formula is C12H12N6. The molecule has 0 fully saturated rings. The molecule has 3 aromatic rings. The Balaban J connectivity index is 1.68. The van der Waals surface area contributed by atoms with Gasteiger partial charge in [0.25, 0.3) is 0 Å². The van der Waals surface area contributed by atoms with Crippen molar-refractivity contribution in [1.82, 2.24) is 25.2 Å². The van der Waals surface area contributed by atoms with Crippen molar-refractivity contribution in [2.75, 3.05) is 5.32 Å². The highest BCUT2D eigenvalue weighted by molar-refractivity contribution is 5.48. The molecule has 2 aromatic heterocycles. The average molecular weight is 240 g/mol. The maximum Gasteiger partial charge on any atom is 0.143 e. The standard InChI is InChI=1S/C12H12N6/c1-2-11(13-7-1)8-14-10-3-5-12(6-4-10)18-9-15-16-17-18/h1-7,9,13-14H,8H2. The lowest BCUT2D eigenvalue weighted by Crippen LogP contribution is -2.00. The SMILES string of the molecule is c1c[nH]c(CNc2ccc(-n3cnnn3)cc2)c1. The Hall–Kier alpha value is -2.63. The number of anilines is 1. The van der Waals surface area contributed by atoms with Gasteiger partial charge in [0.15, 0.2) is 0 Å². The number of hydrogen-bond acceptors (Lipinski definition) is 4. The molecule has 0 aliphatic rings.